The van der Waals surface area contributed by atoms with Crippen molar-refractivity contribution >= 4 is 11.7 Å². The van der Waals surface area contributed by atoms with Crippen LogP contribution < -0.4 is 5.32 Å². The molecule has 0 bridgehead atoms. The number of hydrogen-bond donors (Lipinski definition) is 1. The number of urea groups is 1. The number of carbonyl (C=O) groups excluding carboxylic acids is 1. The lowest BCUT2D eigenvalue weighted by Gasteiger charge is -2.33. The Hall–Kier alpha value is -2.12. The van der Waals surface area contributed by atoms with Crippen LogP contribution >= 0.6 is 0 Å². The standard InChI is InChI=1S/C12H19N5O3/c1-10-4-2-3-6-16(10)12(18)13-5-7-15-9-11(8-14-15)17(19)20/h8-10H,2-7H2,1H3,(H,13,18)/t10-/m1/s1. The molecular weight excluding hydrogens is 262 g/mol. The summed E-state index contributed by atoms with van der Waals surface area (Å²) in [6, 6.07) is 0.202. The molecule has 20 heavy (non-hydrogen) atoms. The van der Waals surface area contributed by atoms with Crippen molar-refractivity contribution in [1.29, 1.82) is 0 Å². The lowest BCUT2D eigenvalue weighted by atomic mass is 10.0. The van der Waals surface area contributed by atoms with E-state index in [2.05, 4.69) is 17.3 Å². The van der Waals surface area contributed by atoms with Crippen molar-refractivity contribution in [3.8, 4) is 0 Å². The van der Waals surface area contributed by atoms with Crippen molar-refractivity contribution in [2.45, 2.75) is 38.8 Å². The fourth-order valence-electron chi connectivity index (χ4n) is 2.35. The highest BCUT2D eigenvalue weighted by Crippen LogP contribution is 2.16. The van der Waals surface area contributed by atoms with E-state index in [0.717, 1.165) is 19.4 Å². The minimum Gasteiger partial charge on any atom is -0.336 e. The summed E-state index contributed by atoms with van der Waals surface area (Å²) in [6.45, 7) is 3.67. The van der Waals surface area contributed by atoms with Crippen LogP contribution in [-0.2, 0) is 6.54 Å². The zero-order valence-electron chi connectivity index (χ0n) is 11.5. The molecule has 0 aliphatic carbocycles. The van der Waals surface area contributed by atoms with Gasteiger partial charge in [-0.05, 0) is 26.2 Å². The summed E-state index contributed by atoms with van der Waals surface area (Å²) in [7, 11) is 0. The number of likely N-dealkylation sites (tertiary alicyclic amines) is 1. The Bertz CT molecular complexity index is 487. The zero-order chi connectivity index (χ0) is 14.5. The molecule has 1 N–H and O–H groups in total. The van der Waals surface area contributed by atoms with Gasteiger partial charge in [0.2, 0.25) is 0 Å². The minimum absolute atomic E-state index is 0.0408. The Morgan fingerprint density at radius 3 is 3.05 bits per heavy atom. The summed E-state index contributed by atoms with van der Waals surface area (Å²) in [5.41, 5.74) is -0.0408. The second kappa shape index (κ2) is 6.36. The first-order valence-corrected chi connectivity index (χ1v) is 6.79. The summed E-state index contributed by atoms with van der Waals surface area (Å²) in [4.78, 5) is 23.9. The molecule has 2 rings (SSSR count). The van der Waals surface area contributed by atoms with Crippen molar-refractivity contribution < 1.29 is 9.72 Å². The molecule has 2 amide bonds. The van der Waals surface area contributed by atoms with Crippen LogP contribution in [0.5, 0.6) is 0 Å². The van der Waals surface area contributed by atoms with Crippen LogP contribution in [0.4, 0.5) is 10.5 Å². The van der Waals surface area contributed by atoms with Gasteiger partial charge in [0, 0.05) is 19.1 Å². The molecule has 1 atom stereocenters. The maximum atomic E-state index is 12.0. The van der Waals surface area contributed by atoms with E-state index in [4.69, 9.17) is 0 Å². The third-order valence-corrected chi connectivity index (χ3v) is 3.51. The molecule has 1 saturated heterocycles. The lowest BCUT2D eigenvalue weighted by molar-refractivity contribution is -0.385. The molecule has 1 aromatic heterocycles. The Balaban J connectivity index is 1.77. The van der Waals surface area contributed by atoms with Gasteiger partial charge in [-0.2, -0.15) is 5.10 Å². The molecule has 8 nitrogen and oxygen atoms in total. The van der Waals surface area contributed by atoms with Crippen LogP contribution in [0.3, 0.4) is 0 Å². The lowest BCUT2D eigenvalue weighted by Crippen LogP contribution is -2.48. The van der Waals surface area contributed by atoms with Crippen molar-refractivity contribution in [1.82, 2.24) is 20.0 Å². The number of rotatable bonds is 4. The quantitative estimate of drug-likeness (QED) is 0.666. The Kier molecular flexibility index (Phi) is 4.54. The first kappa shape index (κ1) is 14.3. The van der Waals surface area contributed by atoms with Gasteiger partial charge in [0.1, 0.15) is 12.4 Å². The van der Waals surface area contributed by atoms with Gasteiger partial charge in [0.05, 0.1) is 11.5 Å². The van der Waals surface area contributed by atoms with E-state index in [0.29, 0.717) is 13.1 Å². The first-order chi connectivity index (χ1) is 9.58. The summed E-state index contributed by atoms with van der Waals surface area (Å²) < 4.78 is 1.46. The molecule has 2 heterocycles. The molecule has 1 fully saturated rings. The smallest absolute Gasteiger partial charge is 0.317 e. The van der Waals surface area contributed by atoms with Crippen molar-refractivity contribution in [3.05, 3.63) is 22.5 Å². The molecule has 0 unspecified atom stereocenters. The second-order valence-corrected chi connectivity index (χ2v) is 4.99. The van der Waals surface area contributed by atoms with E-state index in [1.54, 1.807) is 0 Å². The minimum atomic E-state index is -0.489. The van der Waals surface area contributed by atoms with E-state index in [1.807, 2.05) is 4.90 Å². The number of nitrogens with one attached hydrogen (secondary N) is 1. The SMILES string of the molecule is C[C@@H]1CCCCN1C(=O)NCCn1cc([N+](=O)[O-])cn1. The van der Waals surface area contributed by atoms with Gasteiger partial charge in [-0.15, -0.1) is 0 Å². The van der Waals surface area contributed by atoms with E-state index in [-0.39, 0.29) is 17.8 Å². The van der Waals surface area contributed by atoms with E-state index in [9.17, 15) is 14.9 Å². The van der Waals surface area contributed by atoms with Crippen LogP contribution in [0.25, 0.3) is 0 Å². The van der Waals surface area contributed by atoms with E-state index >= 15 is 0 Å². The summed E-state index contributed by atoms with van der Waals surface area (Å²) in [5.74, 6) is 0. The summed E-state index contributed by atoms with van der Waals surface area (Å²) in [6.07, 6.45) is 5.81. The molecule has 0 aromatic carbocycles. The normalized spacial score (nSPS) is 18.9. The predicted molar refractivity (Wildman–Crippen MR) is 72.3 cm³/mol. The first-order valence-electron chi connectivity index (χ1n) is 6.79. The Morgan fingerprint density at radius 2 is 2.40 bits per heavy atom. The van der Waals surface area contributed by atoms with Crippen molar-refractivity contribution in [2.24, 2.45) is 0 Å². The fourth-order valence-corrected chi connectivity index (χ4v) is 2.35. The number of amides is 2. The number of aromatic nitrogens is 2. The molecular formula is C12H19N5O3. The molecule has 1 aliphatic heterocycles. The maximum Gasteiger partial charge on any atom is 0.317 e. The van der Waals surface area contributed by atoms with Crippen LogP contribution in [0.2, 0.25) is 0 Å². The topological polar surface area (TPSA) is 93.3 Å². The fraction of sp³-hybridized carbons (Fsp3) is 0.667. The van der Waals surface area contributed by atoms with E-state index < -0.39 is 4.92 Å². The summed E-state index contributed by atoms with van der Waals surface area (Å²) >= 11 is 0. The van der Waals surface area contributed by atoms with Gasteiger partial charge in [-0.25, -0.2) is 4.79 Å². The number of piperidine rings is 1. The van der Waals surface area contributed by atoms with Crippen LogP contribution in [-0.4, -0.2) is 44.8 Å². The Morgan fingerprint density at radius 1 is 1.60 bits per heavy atom. The highest BCUT2D eigenvalue weighted by molar-refractivity contribution is 5.74. The number of nitro groups is 1. The van der Waals surface area contributed by atoms with Crippen LogP contribution in [0.1, 0.15) is 26.2 Å². The maximum absolute atomic E-state index is 12.0. The highest BCUT2D eigenvalue weighted by atomic mass is 16.6. The number of carbonyl (C=O) groups is 1. The average Bonchev–Trinajstić information content (AvgIpc) is 2.88. The number of nitrogens with zero attached hydrogens (tertiary/aromatic N) is 4. The molecule has 0 saturated carbocycles. The van der Waals surface area contributed by atoms with Crippen LogP contribution in [0.15, 0.2) is 12.4 Å². The molecule has 1 aromatic rings. The molecule has 1 aliphatic rings. The third kappa shape index (κ3) is 3.46. The molecule has 0 spiro atoms. The molecule has 0 radical (unpaired) electrons. The van der Waals surface area contributed by atoms with E-state index in [1.165, 1.54) is 23.5 Å². The van der Waals surface area contributed by atoms with Gasteiger partial charge in [0.25, 0.3) is 0 Å². The average molecular weight is 281 g/mol. The molecule has 8 heteroatoms. The van der Waals surface area contributed by atoms with Gasteiger partial charge in [0.15, 0.2) is 0 Å². The van der Waals surface area contributed by atoms with Gasteiger partial charge in [-0.3, -0.25) is 14.8 Å². The largest absolute Gasteiger partial charge is 0.336 e. The molecule has 110 valence electrons. The highest BCUT2D eigenvalue weighted by Gasteiger charge is 2.22. The Labute approximate surface area is 116 Å². The van der Waals surface area contributed by atoms with Crippen LogP contribution in [0, 0.1) is 10.1 Å². The predicted octanol–water partition coefficient (Wildman–Crippen LogP) is 1.38. The number of hydrogen-bond acceptors (Lipinski definition) is 4. The second-order valence-electron chi connectivity index (χ2n) is 4.99. The zero-order valence-corrected chi connectivity index (χ0v) is 11.5. The van der Waals surface area contributed by atoms with Gasteiger partial charge < -0.3 is 10.2 Å². The summed E-state index contributed by atoms with van der Waals surface area (Å²) in [5, 5.41) is 17.2. The van der Waals surface area contributed by atoms with Crippen molar-refractivity contribution in [2.75, 3.05) is 13.1 Å². The van der Waals surface area contributed by atoms with Crippen molar-refractivity contribution in [3.63, 3.8) is 0 Å². The van der Waals surface area contributed by atoms with Gasteiger partial charge >= 0.3 is 11.7 Å². The van der Waals surface area contributed by atoms with Gasteiger partial charge in [-0.1, -0.05) is 0 Å². The third-order valence-electron chi connectivity index (χ3n) is 3.51. The monoisotopic (exact) mass is 281 g/mol.